The predicted octanol–water partition coefficient (Wildman–Crippen LogP) is 2.55. The van der Waals surface area contributed by atoms with Gasteiger partial charge in [-0.05, 0) is 31.4 Å². The second-order valence-corrected chi connectivity index (χ2v) is 3.70. The number of hydrogen-bond donors (Lipinski definition) is 0. The van der Waals surface area contributed by atoms with Crippen LogP contribution in [0.25, 0.3) is 0 Å². The van der Waals surface area contributed by atoms with Crippen molar-refractivity contribution in [2.45, 2.75) is 26.7 Å². The smallest absolute Gasteiger partial charge is 0.188 e. The fourth-order valence-corrected chi connectivity index (χ4v) is 2.10. The summed E-state index contributed by atoms with van der Waals surface area (Å²) >= 11 is 0. The number of fused-ring (bicyclic) bond motifs is 1. The molecular formula is C11H12O. The zero-order chi connectivity index (χ0) is 8.88. The van der Waals surface area contributed by atoms with E-state index in [2.05, 4.69) is 13.5 Å². The van der Waals surface area contributed by atoms with Crippen LogP contribution in [0.15, 0.2) is 34.4 Å². The predicted molar refractivity (Wildman–Crippen MR) is 48.8 cm³/mol. The number of ketones is 1. The van der Waals surface area contributed by atoms with Crippen molar-refractivity contribution in [3.8, 4) is 0 Å². The molecule has 1 fully saturated rings. The van der Waals surface area contributed by atoms with Crippen molar-refractivity contribution in [2.24, 2.45) is 0 Å². The van der Waals surface area contributed by atoms with Crippen LogP contribution in [-0.4, -0.2) is 5.78 Å². The number of allylic oxidation sites excluding steroid dienone is 5. The van der Waals surface area contributed by atoms with Gasteiger partial charge in [-0.3, -0.25) is 4.79 Å². The van der Waals surface area contributed by atoms with Gasteiger partial charge in [-0.25, -0.2) is 0 Å². The van der Waals surface area contributed by atoms with E-state index in [1.165, 1.54) is 16.7 Å². The quantitative estimate of drug-likeness (QED) is 0.498. The van der Waals surface area contributed by atoms with Gasteiger partial charge in [0.05, 0.1) is 0 Å². The minimum absolute atomic E-state index is 0.180. The van der Waals surface area contributed by atoms with E-state index in [0.29, 0.717) is 0 Å². The second kappa shape index (κ2) is 2.19. The molecule has 0 amide bonds. The fourth-order valence-electron chi connectivity index (χ4n) is 2.10. The van der Waals surface area contributed by atoms with Crippen LogP contribution in [0.3, 0.4) is 0 Å². The van der Waals surface area contributed by atoms with Crippen molar-refractivity contribution in [2.75, 3.05) is 0 Å². The van der Waals surface area contributed by atoms with Crippen molar-refractivity contribution >= 4 is 5.78 Å². The van der Waals surface area contributed by atoms with Crippen molar-refractivity contribution in [1.29, 1.82) is 0 Å². The van der Waals surface area contributed by atoms with Crippen LogP contribution < -0.4 is 0 Å². The SMILES string of the molecule is C=C1CC2=C(C)CC(C)=C2C1=O. The Bertz CT molecular complexity index is 353. The third-order valence-electron chi connectivity index (χ3n) is 2.71. The molecule has 0 aliphatic heterocycles. The van der Waals surface area contributed by atoms with Crippen LogP contribution in [-0.2, 0) is 4.79 Å². The van der Waals surface area contributed by atoms with Crippen LogP contribution >= 0.6 is 0 Å². The molecule has 0 spiro atoms. The molecule has 0 atom stereocenters. The number of hydrogen-bond acceptors (Lipinski definition) is 1. The Morgan fingerprint density at radius 3 is 2.42 bits per heavy atom. The highest BCUT2D eigenvalue weighted by Gasteiger charge is 2.32. The molecule has 1 saturated carbocycles. The molecule has 2 aliphatic carbocycles. The maximum absolute atomic E-state index is 11.6. The molecule has 0 heterocycles. The van der Waals surface area contributed by atoms with Crippen LogP contribution in [0.2, 0.25) is 0 Å². The van der Waals surface area contributed by atoms with Crippen molar-refractivity contribution in [3.63, 3.8) is 0 Å². The molecule has 2 rings (SSSR count). The van der Waals surface area contributed by atoms with Gasteiger partial charge in [0.2, 0.25) is 0 Å². The molecule has 0 aromatic carbocycles. The minimum Gasteiger partial charge on any atom is -0.289 e. The van der Waals surface area contributed by atoms with E-state index in [1.807, 2.05) is 6.92 Å². The lowest BCUT2D eigenvalue weighted by Gasteiger charge is -1.95. The van der Waals surface area contributed by atoms with Gasteiger partial charge in [0.1, 0.15) is 0 Å². The van der Waals surface area contributed by atoms with E-state index in [-0.39, 0.29) is 5.78 Å². The van der Waals surface area contributed by atoms with Crippen LogP contribution in [0.5, 0.6) is 0 Å². The molecule has 0 N–H and O–H groups in total. The summed E-state index contributed by atoms with van der Waals surface area (Å²) in [6, 6.07) is 0. The molecule has 0 saturated heterocycles. The van der Waals surface area contributed by atoms with E-state index in [9.17, 15) is 4.79 Å². The summed E-state index contributed by atoms with van der Waals surface area (Å²) in [6.07, 6.45) is 1.78. The Hall–Kier alpha value is -1.11. The highest BCUT2D eigenvalue weighted by molar-refractivity contribution is 6.16. The van der Waals surface area contributed by atoms with Gasteiger partial charge in [-0.1, -0.05) is 17.7 Å². The van der Waals surface area contributed by atoms with Crippen LogP contribution in [0, 0.1) is 0 Å². The van der Waals surface area contributed by atoms with Gasteiger partial charge >= 0.3 is 0 Å². The normalized spacial score (nSPS) is 22.8. The van der Waals surface area contributed by atoms with E-state index < -0.39 is 0 Å². The molecule has 0 bridgehead atoms. The van der Waals surface area contributed by atoms with E-state index in [0.717, 1.165) is 24.0 Å². The van der Waals surface area contributed by atoms with Gasteiger partial charge in [0.15, 0.2) is 5.78 Å². The van der Waals surface area contributed by atoms with Crippen LogP contribution in [0.4, 0.5) is 0 Å². The summed E-state index contributed by atoms with van der Waals surface area (Å²) in [4.78, 5) is 11.6. The lowest BCUT2D eigenvalue weighted by atomic mass is 10.1. The number of carbonyl (C=O) groups is 1. The lowest BCUT2D eigenvalue weighted by molar-refractivity contribution is -0.111. The van der Waals surface area contributed by atoms with Crippen molar-refractivity contribution < 1.29 is 4.79 Å². The summed E-state index contributed by atoms with van der Waals surface area (Å²) in [5, 5.41) is 0. The molecular weight excluding hydrogens is 148 g/mol. The Morgan fingerprint density at radius 1 is 1.17 bits per heavy atom. The summed E-state index contributed by atoms with van der Waals surface area (Å²) in [5.41, 5.74) is 5.57. The average Bonchev–Trinajstić information content (AvgIpc) is 2.41. The minimum atomic E-state index is 0.180. The average molecular weight is 160 g/mol. The number of rotatable bonds is 0. The second-order valence-electron chi connectivity index (χ2n) is 3.70. The molecule has 1 heteroatoms. The number of carbonyl (C=O) groups excluding carboxylic acids is 1. The zero-order valence-corrected chi connectivity index (χ0v) is 7.53. The molecule has 2 aliphatic rings. The molecule has 0 radical (unpaired) electrons. The van der Waals surface area contributed by atoms with E-state index >= 15 is 0 Å². The Morgan fingerprint density at radius 2 is 1.83 bits per heavy atom. The van der Waals surface area contributed by atoms with Gasteiger partial charge < -0.3 is 0 Å². The lowest BCUT2D eigenvalue weighted by Crippen LogP contribution is -1.95. The third-order valence-corrected chi connectivity index (χ3v) is 2.71. The molecule has 0 unspecified atom stereocenters. The van der Waals surface area contributed by atoms with Crippen molar-refractivity contribution in [1.82, 2.24) is 0 Å². The Kier molecular flexibility index (Phi) is 1.38. The molecule has 0 aromatic heterocycles. The van der Waals surface area contributed by atoms with Gasteiger partial charge in [-0.2, -0.15) is 0 Å². The monoisotopic (exact) mass is 160 g/mol. The summed E-state index contributed by atoms with van der Waals surface area (Å²) < 4.78 is 0. The van der Waals surface area contributed by atoms with Gasteiger partial charge in [-0.15, -0.1) is 0 Å². The van der Waals surface area contributed by atoms with Crippen LogP contribution in [0.1, 0.15) is 26.7 Å². The van der Waals surface area contributed by atoms with E-state index in [1.54, 1.807) is 0 Å². The first-order valence-corrected chi connectivity index (χ1v) is 4.22. The standard InChI is InChI=1S/C11H12O/c1-6-4-7(2)10-9(6)5-8(3)11(10)12/h3-5H2,1-2H3. The topological polar surface area (TPSA) is 17.1 Å². The fraction of sp³-hybridized carbons (Fsp3) is 0.364. The summed E-state index contributed by atoms with van der Waals surface area (Å²) in [6.45, 7) is 7.92. The third kappa shape index (κ3) is 0.765. The number of Topliss-reactive ketones (excluding diaryl/α,β-unsaturated/α-hetero) is 1. The maximum atomic E-state index is 11.6. The highest BCUT2D eigenvalue weighted by atomic mass is 16.1. The van der Waals surface area contributed by atoms with Crippen molar-refractivity contribution in [3.05, 3.63) is 34.4 Å². The maximum Gasteiger partial charge on any atom is 0.188 e. The molecule has 0 aromatic rings. The Labute approximate surface area is 72.5 Å². The van der Waals surface area contributed by atoms with E-state index in [4.69, 9.17) is 0 Å². The first-order valence-electron chi connectivity index (χ1n) is 4.22. The molecule has 12 heavy (non-hydrogen) atoms. The Balaban J connectivity index is 2.59. The largest absolute Gasteiger partial charge is 0.289 e. The molecule has 1 nitrogen and oxygen atoms in total. The first-order chi connectivity index (χ1) is 5.61. The highest BCUT2D eigenvalue weighted by Crippen LogP contribution is 2.42. The van der Waals surface area contributed by atoms with Gasteiger partial charge in [0.25, 0.3) is 0 Å². The van der Waals surface area contributed by atoms with Gasteiger partial charge in [0, 0.05) is 12.0 Å². The zero-order valence-electron chi connectivity index (χ0n) is 7.53. The molecule has 62 valence electrons. The first kappa shape index (κ1) is 7.53. The summed E-state index contributed by atoms with van der Waals surface area (Å²) in [7, 11) is 0. The summed E-state index contributed by atoms with van der Waals surface area (Å²) in [5.74, 6) is 0.180.